The van der Waals surface area contributed by atoms with Gasteiger partial charge in [0.25, 0.3) is 11.8 Å². The van der Waals surface area contributed by atoms with Crippen LogP contribution in [0, 0.1) is 5.92 Å². The number of carbonyl (C=O) groups excluding carboxylic acids is 2. The second kappa shape index (κ2) is 5.30. The number of fused-ring (bicyclic) bond motifs is 1. The van der Waals surface area contributed by atoms with Crippen molar-refractivity contribution in [1.29, 1.82) is 0 Å². The summed E-state index contributed by atoms with van der Waals surface area (Å²) in [5, 5.41) is 5.57. The Morgan fingerprint density at radius 2 is 2.21 bits per heavy atom. The van der Waals surface area contributed by atoms with Crippen LogP contribution >= 0.6 is 0 Å². The highest BCUT2D eigenvalue weighted by molar-refractivity contribution is 6.03. The summed E-state index contributed by atoms with van der Waals surface area (Å²) in [6.07, 6.45) is -0.591. The molecule has 2 amide bonds. The van der Waals surface area contributed by atoms with Crippen molar-refractivity contribution < 1.29 is 14.3 Å². The van der Waals surface area contributed by atoms with Crippen molar-refractivity contribution in [3.63, 3.8) is 0 Å². The molecule has 1 aromatic carbocycles. The van der Waals surface area contributed by atoms with Crippen molar-refractivity contribution in [3.05, 3.63) is 23.8 Å². The third-order valence-electron chi connectivity index (χ3n) is 2.85. The van der Waals surface area contributed by atoms with Gasteiger partial charge in [-0.25, -0.2) is 0 Å². The summed E-state index contributed by atoms with van der Waals surface area (Å²) < 4.78 is 5.53. The molecule has 0 saturated carbocycles. The van der Waals surface area contributed by atoms with Gasteiger partial charge in [-0.05, 0) is 25.0 Å². The minimum atomic E-state index is -0.591. The molecule has 0 spiro atoms. The zero-order chi connectivity index (χ0) is 14.0. The minimum Gasteiger partial charge on any atom is -0.478 e. The fourth-order valence-electron chi connectivity index (χ4n) is 1.80. The average molecular weight is 262 g/mol. The number of rotatable bonds is 3. The highest BCUT2D eigenvalue weighted by atomic mass is 16.5. The second-order valence-corrected chi connectivity index (χ2v) is 5.04. The van der Waals surface area contributed by atoms with Gasteiger partial charge in [0.1, 0.15) is 0 Å². The molecule has 0 fully saturated rings. The lowest BCUT2D eigenvalue weighted by atomic mass is 10.1. The lowest BCUT2D eigenvalue weighted by molar-refractivity contribution is -0.122. The van der Waals surface area contributed by atoms with Crippen molar-refractivity contribution in [2.75, 3.05) is 11.9 Å². The van der Waals surface area contributed by atoms with E-state index in [1.165, 1.54) is 0 Å². The number of benzene rings is 1. The van der Waals surface area contributed by atoms with Gasteiger partial charge < -0.3 is 15.4 Å². The van der Waals surface area contributed by atoms with Crippen LogP contribution < -0.4 is 15.4 Å². The first kappa shape index (κ1) is 13.4. The molecule has 2 N–H and O–H groups in total. The van der Waals surface area contributed by atoms with E-state index in [-0.39, 0.29) is 11.8 Å². The van der Waals surface area contributed by atoms with Crippen molar-refractivity contribution in [2.24, 2.45) is 5.92 Å². The van der Waals surface area contributed by atoms with Crippen LogP contribution in [-0.4, -0.2) is 24.5 Å². The summed E-state index contributed by atoms with van der Waals surface area (Å²) >= 11 is 0. The topological polar surface area (TPSA) is 67.4 Å². The smallest absolute Gasteiger partial charge is 0.265 e. The number of amides is 2. The molecule has 1 aliphatic heterocycles. The number of nitrogens with one attached hydrogen (secondary N) is 2. The predicted molar refractivity (Wildman–Crippen MR) is 72.3 cm³/mol. The zero-order valence-electron chi connectivity index (χ0n) is 11.3. The summed E-state index contributed by atoms with van der Waals surface area (Å²) in [6.45, 7) is 6.31. The summed E-state index contributed by atoms with van der Waals surface area (Å²) in [4.78, 5) is 23.6. The normalized spacial score (nSPS) is 17.5. The molecule has 1 atom stereocenters. The first-order valence-electron chi connectivity index (χ1n) is 6.37. The van der Waals surface area contributed by atoms with E-state index >= 15 is 0 Å². The Kier molecular flexibility index (Phi) is 3.74. The minimum absolute atomic E-state index is 0.186. The van der Waals surface area contributed by atoms with Gasteiger partial charge in [-0.1, -0.05) is 19.9 Å². The molecule has 5 heteroatoms. The van der Waals surface area contributed by atoms with E-state index in [4.69, 9.17) is 4.74 Å². The van der Waals surface area contributed by atoms with Gasteiger partial charge in [0.15, 0.2) is 11.9 Å². The molecule has 5 nitrogen and oxygen atoms in total. The molecule has 0 bridgehead atoms. The van der Waals surface area contributed by atoms with E-state index in [1.807, 2.05) is 13.8 Å². The average Bonchev–Trinajstić information content (AvgIpc) is 2.36. The fraction of sp³-hybridized carbons (Fsp3) is 0.429. The van der Waals surface area contributed by atoms with Gasteiger partial charge >= 0.3 is 0 Å². The van der Waals surface area contributed by atoms with Crippen molar-refractivity contribution >= 4 is 17.5 Å². The number of hydrogen-bond donors (Lipinski definition) is 2. The summed E-state index contributed by atoms with van der Waals surface area (Å²) in [5.41, 5.74) is 0.991. The third kappa shape index (κ3) is 2.86. The standard InChI is InChI=1S/C14H18N2O3/c1-8(2)7-15-14(18)10-5-4-6-11-12(10)19-9(3)13(17)16-11/h4-6,8-9H,7H2,1-3H3,(H,15,18)(H,16,17). The maximum atomic E-state index is 12.1. The molecule has 1 unspecified atom stereocenters. The molecule has 1 aromatic rings. The van der Waals surface area contributed by atoms with Crippen LogP contribution in [0.3, 0.4) is 0 Å². The third-order valence-corrected chi connectivity index (χ3v) is 2.85. The molecule has 0 saturated heterocycles. The van der Waals surface area contributed by atoms with E-state index in [0.29, 0.717) is 29.5 Å². The maximum absolute atomic E-state index is 12.1. The highest BCUT2D eigenvalue weighted by Gasteiger charge is 2.27. The van der Waals surface area contributed by atoms with Crippen LogP contribution in [-0.2, 0) is 4.79 Å². The number of anilines is 1. The van der Waals surface area contributed by atoms with Gasteiger partial charge in [0.05, 0.1) is 11.3 Å². The highest BCUT2D eigenvalue weighted by Crippen LogP contribution is 2.33. The van der Waals surface area contributed by atoms with E-state index in [2.05, 4.69) is 10.6 Å². The van der Waals surface area contributed by atoms with E-state index in [9.17, 15) is 9.59 Å². The summed E-state index contributed by atoms with van der Waals surface area (Å²) in [6, 6.07) is 5.14. The molecule has 0 aliphatic carbocycles. The molecule has 0 aromatic heterocycles. The molecule has 1 aliphatic rings. The Bertz CT molecular complexity index is 511. The monoisotopic (exact) mass is 262 g/mol. The van der Waals surface area contributed by atoms with Crippen molar-refractivity contribution in [3.8, 4) is 5.75 Å². The fourth-order valence-corrected chi connectivity index (χ4v) is 1.80. The van der Waals surface area contributed by atoms with Crippen LogP contribution in [0.4, 0.5) is 5.69 Å². The predicted octanol–water partition coefficient (Wildman–Crippen LogP) is 1.79. The van der Waals surface area contributed by atoms with Gasteiger partial charge in [-0.3, -0.25) is 9.59 Å². The van der Waals surface area contributed by atoms with Crippen LogP contribution in [0.15, 0.2) is 18.2 Å². The van der Waals surface area contributed by atoms with E-state index in [1.54, 1.807) is 25.1 Å². The quantitative estimate of drug-likeness (QED) is 0.872. The molecule has 2 rings (SSSR count). The Morgan fingerprint density at radius 1 is 1.47 bits per heavy atom. The molecule has 19 heavy (non-hydrogen) atoms. The Balaban J connectivity index is 2.25. The molecule has 102 valence electrons. The van der Waals surface area contributed by atoms with Gasteiger partial charge in [-0.2, -0.15) is 0 Å². The number of para-hydroxylation sites is 1. The Morgan fingerprint density at radius 3 is 2.89 bits per heavy atom. The maximum Gasteiger partial charge on any atom is 0.265 e. The zero-order valence-corrected chi connectivity index (χ0v) is 11.3. The van der Waals surface area contributed by atoms with E-state index < -0.39 is 6.10 Å². The van der Waals surface area contributed by atoms with Crippen LogP contribution in [0.1, 0.15) is 31.1 Å². The number of carbonyl (C=O) groups is 2. The Hall–Kier alpha value is -2.04. The molecule has 0 radical (unpaired) electrons. The van der Waals surface area contributed by atoms with Crippen LogP contribution in [0.5, 0.6) is 5.75 Å². The van der Waals surface area contributed by atoms with Crippen molar-refractivity contribution in [1.82, 2.24) is 5.32 Å². The first-order valence-corrected chi connectivity index (χ1v) is 6.37. The van der Waals surface area contributed by atoms with Crippen LogP contribution in [0.2, 0.25) is 0 Å². The largest absolute Gasteiger partial charge is 0.478 e. The number of hydrogen-bond acceptors (Lipinski definition) is 3. The molecular formula is C14H18N2O3. The first-order chi connectivity index (χ1) is 8.99. The van der Waals surface area contributed by atoms with Crippen molar-refractivity contribution in [2.45, 2.75) is 26.9 Å². The molecule has 1 heterocycles. The van der Waals surface area contributed by atoms with Gasteiger partial charge in [0.2, 0.25) is 0 Å². The van der Waals surface area contributed by atoms with E-state index in [0.717, 1.165) is 0 Å². The summed E-state index contributed by atoms with van der Waals surface area (Å²) in [7, 11) is 0. The summed E-state index contributed by atoms with van der Waals surface area (Å²) in [5.74, 6) is 0.431. The van der Waals surface area contributed by atoms with Gasteiger partial charge in [0, 0.05) is 6.54 Å². The Labute approximate surface area is 112 Å². The lowest BCUT2D eigenvalue weighted by Gasteiger charge is -2.25. The second-order valence-electron chi connectivity index (χ2n) is 5.04. The van der Waals surface area contributed by atoms with Crippen LogP contribution in [0.25, 0.3) is 0 Å². The SMILES string of the molecule is CC(C)CNC(=O)c1cccc2c1OC(C)C(=O)N2. The van der Waals surface area contributed by atoms with Gasteiger partial charge in [-0.15, -0.1) is 0 Å². The molecular weight excluding hydrogens is 244 g/mol. The lowest BCUT2D eigenvalue weighted by Crippen LogP contribution is -2.36. The number of ether oxygens (including phenoxy) is 1.